The molecule has 0 fully saturated rings. The van der Waals surface area contributed by atoms with Gasteiger partial charge >= 0.3 is 0 Å². The van der Waals surface area contributed by atoms with Crippen LogP contribution in [0.5, 0.6) is 5.75 Å². The first-order chi connectivity index (χ1) is 9.79. The minimum absolute atomic E-state index is 0.0785. The van der Waals surface area contributed by atoms with Crippen molar-refractivity contribution >= 4 is 0 Å². The third-order valence-corrected chi connectivity index (χ3v) is 3.09. The highest BCUT2D eigenvalue weighted by Crippen LogP contribution is 2.14. The monoisotopic (exact) mass is 272 g/mol. The summed E-state index contributed by atoms with van der Waals surface area (Å²) in [6, 6.07) is 19.4. The van der Waals surface area contributed by atoms with E-state index in [4.69, 9.17) is 9.47 Å². The lowest BCUT2D eigenvalue weighted by Crippen LogP contribution is -2.35. The Hall–Kier alpha value is -1.84. The van der Waals surface area contributed by atoms with Crippen LogP contribution in [-0.4, -0.2) is 23.9 Å². The van der Waals surface area contributed by atoms with Gasteiger partial charge in [0.05, 0.1) is 19.3 Å². The minimum Gasteiger partial charge on any atom is -0.485 e. The Kier molecular flexibility index (Phi) is 5.59. The van der Waals surface area contributed by atoms with Crippen LogP contribution in [0.4, 0.5) is 0 Å². The molecule has 0 unspecified atom stereocenters. The van der Waals surface area contributed by atoms with Crippen LogP contribution in [-0.2, 0) is 11.3 Å². The zero-order valence-electron chi connectivity index (χ0n) is 11.6. The zero-order valence-corrected chi connectivity index (χ0v) is 11.6. The standard InChI is InChI=1S/C17H20O3/c1-14(19-13-15-8-4-2-5-9-15)17(12-18)20-16-10-6-3-7-11-16/h2-11,14,17-18H,12-13H2,1H3/t14-,17+/m0/s1. The van der Waals surface area contributed by atoms with Gasteiger partial charge in [0.2, 0.25) is 0 Å². The first-order valence-corrected chi connectivity index (χ1v) is 6.77. The lowest BCUT2D eigenvalue weighted by atomic mass is 10.2. The van der Waals surface area contributed by atoms with Gasteiger partial charge in [-0.15, -0.1) is 0 Å². The van der Waals surface area contributed by atoms with E-state index in [0.29, 0.717) is 6.61 Å². The number of para-hydroxylation sites is 1. The summed E-state index contributed by atoms with van der Waals surface area (Å²) in [6.07, 6.45) is -0.568. The highest BCUT2D eigenvalue weighted by Gasteiger charge is 2.19. The molecule has 0 aliphatic heterocycles. The van der Waals surface area contributed by atoms with E-state index < -0.39 is 0 Å². The van der Waals surface area contributed by atoms with Gasteiger partial charge in [0.1, 0.15) is 11.9 Å². The van der Waals surface area contributed by atoms with Crippen molar-refractivity contribution in [2.24, 2.45) is 0 Å². The van der Waals surface area contributed by atoms with E-state index in [0.717, 1.165) is 11.3 Å². The second kappa shape index (κ2) is 7.68. The maximum absolute atomic E-state index is 9.45. The van der Waals surface area contributed by atoms with Crippen LogP contribution in [0.1, 0.15) is 12.5 Å². The van der Waals surface area contributed by atoms with Crippen molar-refractivity contribution in [3.63, 3.8) is 0 Å². The van der Waals surface area contributed by atoms with Gasteiger partial charge < -0.3 is 14.6 Å². The largest absolute Gasteiger partial charge is 0.485 e. The Labute approximate surface area is 119 Å². The summed E-state index contributed by atoms with van der Waals surface area (Å²) in [5.74, 6) is 0.738. The molecule has 0 saturated carbocycles. The second-order valence-electron chi connectivity index (χ2n) is 4.65. The SMILES string of the molecule is C[C@H](OCc1ccccc1)[C@@H](CO)Oc1ccccc1. The Morgan fingerprint density at radius 2 is 1.55 bits per heavy atom. The summed E-state index contributed by atoms with van der Waals surface area (Å²) in [4.78, 5) is 0. The van der Waals surface area contributed by atoms with E-state index in [2.05, 4.69) is 0 Å². The van der Waals surface area contributed by atoms with Crippen molar-refractivity contribution in [1.82, 2.24) is 0 Å². The summed E-state index contributed by atoms with van der Waals surface area (Å²) < 4.78 is 11.5. The fraction of sp³-hybridized carbons (Fsp3) is 0.294. The molecule has 0 radical (unpaired) electrons. The molecule has 0 amide bonds. The number of ether oxygens (including phenoxy) is 2. The highest BCUT2D eigenvalue weighted by molar-refractivity contribution is 5.21. The molecule has 3 heteroatoms. The predicted molar refractivity (Wildman–Crippen MR) is 78.6 cm³/mol. The molecule has 2 aromatic rings. The van der Waals surface area contributed by atoms with Crippen molar-refractivity contribution in [3.8, 4) is 5.75 Å². The van der Waals surface area contributed by atoms with E-state index in [-0.39, 0.29) is 18.8 Å². The molecule has 106 valence electrons. The van der Waals surface area contributed by atoms with Crippen molar-refractivity contribution in [2.45, 2.75) is 25.7 Å². The number of benzene rings is 2. The summed E-state index contributed by atoms with van der Waals surface area (Å²) >= 11 is 0. The van der Waals surface area contributed by atoms with Gasteiger partial charge in [-0.2, -0.15) is 0 Å². The predicted octanol–water partition coefficient (Wildman–Crippen LogP) is 3.03. The Morgan fingerprint density at radius 1 is 0.950 bits per heavy atom. The summed E-state index contributed by atoms with van der Waals surface area (Å²) in [6.45, 7) is 2.34. The number of aliphatic hydroxyl groups is 1. The summed E-state index contributed by atoms with van der Waals surface area (Å²) in [5, 5.41) is 9.45. The van der Waals surface area contributed by atoms with E-state index in [9.17, 15) is 5.11 Å². The average molecular weight is 272 g/mol. The molecular weight excluding hydrogens is 252 g/mol. The third-order valence-electron chi connectivity index (χ3n) is 3.09. The molecule has 3 nitrogen and oxygen atoms in total. The Balaban J connectivity index is 1.87. The van der Waals surface area contributed by atoms with Crippen LogP contribution in [0.15, 0.2) is 60.7 Å². The van der Waals surface area contributed by atoms with Gasteiger partial charge in [0.15, 0.2) is 0 Å². The fourth-order valence-corrected chi connectivity index (χ4v) is 1.86. The lowest BCUT2D eigenvalue weighted by molar-refractivity contribution is -0.0435. The second-order valence-corrected chi connectivity index (χ2v) is 4.65. The smallest absolute Gasteiger partial charge is 0.147 e. The first-order valence-electron chi connectivity index (χ1n) is 6.77. The van der Waals surface area contributed by atoms with Crippen molar-refractivity contribution in [1.29, 1.82) is 0 Å². The fourth-order valence-electron chi connectivity index (χ4n) is 1.86. The van der Waals surface area contributed by atoms with Gasteiger partial charge in [-0.3, -0.25) is 0 Å². The number of hydrogen-bond donors (Lipinski definition) is 1. The number of hydrogen-bond acceptors (Lipinski definition) is 3. The summed E-state index contributed by atoms with van der Waals surface area (Å²) in [5.41, 5.74) is 1.11. The van der Waals surface area contributed by atoms with E-state index in [1.807, 2.05) is 67.6 Å². The van der Waals surface area contributed by atoms with E-state index >= 15 is 0 Å². The van der Waals surface area contributed by atoms with Crippen LogP contribution in [0.3, 0.4) is 0 Å². The van der Waals surface area contributed by atoms with Crippen LogP contribution in [0.25, 0.3) is 0 Å². The van der Waals surface area contributed by atoms with E-state index in [1.165, 1.54) is 0 Å². The topological polar surface area (TPSA) is 38.7 Å². The quantitative estimate of drug-likeness (QED) is 0.842. The maximum atomic E-state index is 9.45. The van der Waals surface area contributed by atoms with Gasteiger partial charge in [-0.1, -0.05) is 48.5 Å². The van der Waals surface area contributed by atoms with Gasteiger partial charge in [-0.25, -0.2) is 0 Å². The molecule has 2 atom stereocenters. The molecule has 0 aliphatic carbocycles. The van der Waals surface area contributed by atoms with Crippen molar-refractivity contribution in [3.05, 3.63) is 66.2 Å². The lowest BCUT2D eigenvalue weighted by Gasteiger charge is -2.23. The van der Waals surface area contributed by atoms with Crippen LogP contribution in [0.2, 0.25) is 0 Å². The Morgan fingerprint density at radius 3 is 2.15 bits per heavy atom. The van der Waals surface area contributed by atoms with Crippen LogP contribution < -0.4 is 4.74 Å². The van der Waals surface area contributed by atoms with Crippen LogP contribution >= 0.6 is 0 Å². The molecule has 2 rings (SSSR count). The van der Waals surface area contributed by atoms with Gasteiger partial charge in [-0.05, 0) is 24.6 Å². The molecule has 2 aromatic carbocycles. The zero-order chi connectivity index (χ0) is 14.2. The Bertz CT molecular complexity index is 484. The minimum atomic E-state index is -0.374. The third kappa shape index (κ3) is 4.37. The van der Waals surface area contributed by atoms with Gasteiger partial charge in [0, 0.05) is 0 Å². The molecule has 0 heterocycles. The molecule has 0 bridgehead atoms. The van der Waals surface area contributed by atoms with Crippen molar-refractivity contribution < 1.29 is 14.6 Å². The molecule has 0 saturated heterocycles. The van der Waals surface area contributed by atoms with Crippen molar-refractivity contribution in [2.75, 3.05) is 6.61 Å². The van der Waals surface area contributed by atoms with E-state index in [1.54, 1.807) is 0 Å². The molecule has 0 aliphatic rings. The number of rotatable bonds is 7. The van der Waals surface area contributed by atoms with Gasteiger partial charge in [0.25, 0.3) is 0 Å². The summed E-state index contributed by atoms with van der Waals surface area (Å²) in [7, 11) is 0. The van der Waals surface area contributed by atoms with Crippen LogP contribution in [0, 0.1) is 0 Å². The molecule has 0 aromatic heterocycles. The first kappa shape index (κ1) is 14.6. The molecule has 1 N–H and O–H groups in total. The molecular formula is C17H20O3. The molecule has 20 heavy (non-hydrogen) atoms. The maximum Gasteiger partial charge on any atom is 0.147 e. The highest BCUT2D eigenvalue weighted by atomic mass is 16.5. The average Bonchev–Trinajstić information content (AvgIpc) is 2.52. The molecule has 0 spiro atoms. The number of aliphatic hydroxyl groups excluding tert-OH is 1. The normalized spacial score (nSPS) is 13.7.